The summed E-state index contributed by atoms with van der Waals surface area (Å²) in [7, 11) is 0. The van der Waals surface area contributed by atoms with Gasteiger partial charge in [0.05, 0.1) is 6.21 Å². The molecule has 6 heteroatoms. The number of aromatic hydroxyl groups is 1. The smallest absolute Gasteiger partial charge is 0.212 e. The Morgan fingerprint density at radius 3 is 2.83 bits per heavy atom. The van der Waals surface area contributed by atoms with Crippen LogP contribution in [0.2, 0.25) is 0 Å². The van der Waals surface area contributed by atoms with E-state index in [1.54, 1.807) is 47.2 Å². The molecular formula is C17H16N4OS. The number of benzene rings is 2. The Bertz CT molecular complexity index is 811. The van der Waals surface area contributed by atoms with Crippen LogP contribution in [0.1, 0.15) is 16.7 Å². The van der Waals surface area contributed by atoms with Gasteiger partial charge in [0.15, 0.2) is 0 Å². The highest BCUT2D eigenvalue weighted by Gasteiger charge is 2.04. The quantitative estimate of drug-likeness (QED) is 0.576. The van der Waals surface area contributed by atoms with E-state index in [0.717, 1.165) is 16.5 Å². The summed E-state index contributed by atoms with van der Waals surface area (Å²) in [6, 6.07) is 15.3. The van der Waals surface area contributed by atoms with Crippen LogP contribution in [0.15, 0.2) is 65.1 Å². The van der Waals surface area contributed by atoms with Gasteiger partial charge in [-0.05, 0) is 30.2 Å². The van der Waals surface area contributed by atoms with Crippen molar-refractivity contribution in [1.29, 1.82) is 0 Å². The Balaban J connectivity index is 1.68. The molecule has 0 saturated carbocycles. The number of nitrogens with zero attached hydrogens (tertiary/aromatic N) is 4. The Morgan fingerprint density at radius 2 is 2.04 bits per heavy atom. The lowest BCUT2D eigenvalue weighted by Crippen LogP contribution is -1.92. The predicted molar refractivity (Wildman–Crippen MR) is 91.9 cm³/mol. The second-order valence-electron chi connectivity index (χ2n) is 5.07. The zero-order valence-electron chi connectivity index (χ0n) is 12.6. The largest absolute Gasteiger partial charge is 0.508 e. The first-order chi connectivity index (χ1) is 11.2. The summed E-state index contributed by atoms with van der Waals surface area (Å²) in [5.74, 6) is 1.02. The third kappa shape index (κ3) is 4.20. The van der Waals surface area contributed by atoms with Crippen molar-refractivity contribution < 1.29 is 5.11 Å². The minimum absolute atomic E-state index is 0.215. The molecule has 3 aromatic rings. The van der Waals surface area contributed by atoms with Gasteiger partial charge in [-0.1, -0.05) is 53.7 Å². The molecule has 0 amide bonds. The average Bonchev–Trinajstić information content (AvgIpc) is 3.00. The maximum absolute atomic E-state index is 9.46. The molecule has 0 spiro atoms. The van der Waals surface area contributed by atoms with Crippen molar-refractivity contribution in [3.63, 3.8) is 0 Å². The van der Waals surface area contributed by atoms with Gasteiger partial charge in [0.25, 0.3) is 0 Å². The van der Waals surface area contributed by atoms with Gasteiger partial charge in [0.1, 0.15) is 12.1 Å². The number of aryl methyl sites for hydroxylation is 1. The van der Waals surface area contributed by atoms with Gasteiger partial charge in [-0.2, -0.15) is 9.78 Å². The van der Waals surface area contributed by atoms with Crippen LogP contribution in [-0.4, -0.2) is 26.2 Å². The highest BCUT2D eigenvalue weighted by molar-refractivity contribution is 7.98. The molecule has 0 atom stereocenters. The number of aromatic nitrogens is 3. The van der Waals surface area contributed by atoms with Crippen LogP contribution >= 0.6 is 11.8 Å². The molecule has 116 valence electrons. The first kappa shape index (κ1) is 15.3. The van der Waals surface area contributed by atoms with Crippen LogP contribution in [0.25, 0.3) is 0 Å². The van der Waals surface area contributed by atoms with Crippen molar-refractivity contribution in [3.05, 3.63) is 71.5 Å². The molecule has 1 N–H and O–H groups in total. The highest BCUT2D eigenvalue weighted by Crippen LogP contribution is 2.20. The SMILES string of the molecule is Cc1ccc(CSc2nncn2/N=C/c2cccc(O)c2)cc1. The summed E-state index contributed by atoms with van der Waals surface area (Å²) < 4.78 is 1.63. The molecule has 23 heavy (non-hydrogen) atoms. The zero-order chi connectivity index (χ0) is 16.1. The van der Waals surface area contributed by atoms with E-state index in [2.05, 4.69) is 46.5 Å². The Morgan fingerprint density at radius 1 is 1.22 bits per heavy atom. The predicted octanol–water partition coefficient (Wildman–Crippen LogP) is 3.47. The fourth-order valence-corrected chi connectivity index (χ4v) is 2.78. The Kier molecular flexibility index (Phi) is 4.73. The molecule has 0 aliphatic heterocycles. The average molecular weight is 324 g/mol. The molecule has 0 unspecified atom stereocenters. The fourth-order valence-electron chi connectivity index (χ4n) is 1.96. The molecular weight excluding hydrogens is 308 g/mol. The van der Waals surface area contributed by atoms with E-state index in [1.807, 2.05) is 6.07 Å². The summed E-state index contributed by atoms with van der Waals surface area (Å²) in [5.41, 5.74) is 3.29. The summed E-state index contributed by atoms with van der Waals surface area (Å²) >= 11 is 1.58. The van der Waals surface area contributed by atoms with Gasteiger partial charge in [-0.15, -0.1) is 10.2 Å². The van der Waals surface area contributed by atoms with Crippen molar-refractivity contribution >= 4 is 18.0 Å². The summed E-state index contributed by atoms with van der Waals surface area (Å²) in [4.78, 5) is 0. The number of phenols is 1. The third-order valence-corrected chi connectivity index (χ3v) is 4.19. The Hall–Kier alpha value is -2.60. The summed E-state index contributed by atoms with van der Waals surface area (Å²) in [5, 5.41) is 22.5. The maximum Gasteiger partial charge on any atom is 0.212 e. The van der Waals surface area contributed by atoms with Gasteiger partial charge in [-0.3, -0.25) is 0 Å². The van der Waals surface area contributed by atoms with Gasteiger partial charge in [-0.25, -0.2) is 0 Å². The lowest BCUT2D eigenvalue weighted by molar-refractivity contribution is 0.475. The molecule has 0 saturated heterocycles. The van der Waals surface area contributed by atoms with Crippen molar-refractivity contribution in [3.8, 4) is 5.75 Å². The molecule has 0 aliphatic carbocycles. The molecule has 0 radical (unpaired) electrons. The fraction of sp³-hybridized carbons (Fsp3) is 0.118. The molecule has 1 heterocycles. The topological polar surface area (TPSA) is 63.3 Å². The number of hydrogen-bond acceptors (Lipinski definition) is 5. The second kappa shape index (κ2) is 7.11. The van der Waals surface area contributed by atoms with Crippen LogP contribution in [-0.2, 0) is 5.75 Å². The normalized spacial score (nSPS) is 11.2. The molecule has 0 fully saturated rings. The molecule has 2 aromatic carbocycles. The maximum atomic E-state index is 9.46. The minimum atomic E-state index is 0.215. The van der Waals surface area contributed by atoms with Gasteiger partial charge in [0.2, 0.25) is 5.16 Å². The van der Waals surface area contributed by atoms with Crippen molar-refractivity contribution in [2.75, 3.05) is 0 Å². The summed E-state index contributed by atoms with van der Waals surface area (Å²) in [6.45, 7) is 2.07. The Labute approximate surface area is 138 Å². The van der Waals surface area contributed by atoms with E-state index in [1.165, 1.54) is 11.1 Å². The summed E-state index contributed by atoms with van der Waals surface area (Å²) in [6.07, 6.45) is 3.23. The third-order valence-electron chi connectivity index (χ3n) is 3.19. The molecule has 0 bridgehead atoms. The van der Waals surface area contributed by atoms with E-state index in [9.17, 15) is 5.11 Å². The first-order valence-corrected chi connectivity index (χ1v) is 8.11. The van der Waals surface area contributed by atoms with E-state index in [-0.39, 0.29) is 5.75 Å². The lowest BCUT2D eigenvalue weighted by atomic mass is 10.2. The number of thioether (sulfide) groups is 1. The monoisotopic (exact) mass is 324 g/mol. The number of phenolic OH excluding ortho intramolecular Hbond substituents is 1. The molecule has 3 rings (SSSR count). The van der Waals surface area contributed by atoms with Crippen molar-refractivity contribution in [1.82, 2.24) is 14.9 Å². The van der Waals surface area contributed by atoms with E-state index < -0.39 is 0 Å². The van der Waals surface area contributed by atoms with Crippen molar-refractivity contribution in [2.24, 2.45) is 5.10 Å². The standard InChI is InChI=1S/C17H16N4OS/c1-13-5-7-14(8-6-13)11-23-17-20-18-12-21(17)19-10-15-3-2-4-16(22)9-15/h2-10,12,22H,11H2,1H3/b19-10+. The minimum Gasteiger partial charge on any atom is -0.508 e. The van der Waals surface area contributed by atoms with Crippen LogP contribution in [0.3, 0.4) is 0 Å². The van der Waals surface area contributed by atoms with E-state index in [0.29, 0.717) is 0 Å². The van der Waals surface area contributed by atoms with Crippen LogP contribution < -0.4 is 0 Å². The van der Waals surface area contributed by atoms with Gasteiger partial charge >= 0.3 is 0 Å². The number of rotatable bonds is 5. The van der Waals surface area contributed by atoms with Crippen LogP contribution in [0.4, 0.5) is 0 Å². The highest BCUT2D eigenvalue weighted by atomic mass is 32.2. The number of hydrogen-bond donors (Lipinski definition) is 1. The second-order valence-corrected chi connectivity index (χ2v) is 6.01. The molecule has 0 aliphatic rings. The molecule has 5 nitrogen and oxygen atoms in total. The zero-order valence-corrected chi connectivity index (χ0v) is 13.4. The van der Waals surface area contributed by atoms with E-state index in [4.69, 9.17) is 0 Å². The van der Waals surface area contributed by atoms with Crippen LogP contribution in [0, 0.1) is 6.92 Å². The van der Waals surface area contributed by atoms with Gasteiger partial charge < -0.3 is 5.11 Å². The lowest BCUT2D eigenvalue weighted by Gasteiger charge is -2.02. The molecule has 1 aromatic heterocycles. The van der Waals surface area contributed by atoms with E-state index >= 15 is 0 Å². The first-order valence-electron chi connectivity index (χ1n) is 7.12. The van der Waals surface area contributed by atoms with Gasteiger partial charge in [0, 0.05) is 5.75 Å². The van der Waals surface area contributed by atoms with Crippen molar-refractivity contribution in [2.45, 2.75) is 17.8 Å². The van der Waals surface area contributed by atoms with Crippen LogP contribution in [0.5, 0.6) is 5.75 Å².